The van der Waals surface area contributed by atoms with Gasteiger partial charge in [0.25, 0.3) is 11.4 Å². The minimum atomic E-state index is -0.464. The van der Waals surface area contributed by atoms with Crippen molar-refractivity contribution in [2.45, 2.75) is 0 Å². The molecule has 0 saturated carbocycles. The van der Waals surface area contributed by atoms with Crippen molar-refractivity contribution in [1.29, 1.82) is 0 Å². The lowest BCUT2D eigenvalue weighted by Gasteiger charge is -2.07. The monoisotopic (exact) mass is 496 g/mol. The molecule has 0 fully saturated rings. The van der Waals surface area contributed by atoms with Crippen LogP contribution in [0.3, 0.4) is 0 Å². The van der Waals surface area contributed by atoms with Gasteiger partial charge >= 0.3 is 0 Å². The zero-order valence-corrected chi connectivity index (χ0v) is 14.1. The third kappa shape index (κ3) is 2.90. The van der Waals surface area contributed by atoms with Crippen LogP contribution in [-0.2, 0) is 0 Å². The van der Waals surface area contributed by atoms with Crippen LogP contribution in [-0.4, -0.2) is 9.85 Å². The average molecular weight is 496 g/mol. The molecule has 0 unspecified atom stereocenters. The Hall–Kier alpha value is -1.30. The van der Waals surface area contributed by atoms with Crippen molar-refractivity contribution in [1.82, 2.24) is 0 Å². The Morgan fingerprint density at radius 3 is 1.90 bits per heavy atom. The van der Waals surface area contributed by atoms with E-state index in [-0.39, 0.29) is 11.4 Å². The van der Waals surface area contributed by atoms with Crippen LogP contribution in [0.2, 0.25) is 0 Å². The molecule has 0 N–H and O–H groups in total. The van der Waals surface area contributed by atoms with Gasteiger partial charge in [0, 0.05) is 21.8 Å². The van der Waals surface area contributed by atoms with Gasteiger partial charge in [-0.15, -0.1) is 0 Å². The van der Waals surface area contributed by atoms with E-state index in [1.807, 2.05) is 45.2 Å². The van der Waals surface area contributed by atoms with E-state index in [0.29, 0.717) is 3.57 Å². The van der Waals surface area contributed by atoms with Gasteiger partial charge < -0.3 is 0 Å². The largest absolute Gasteiger partial charge is 0.283 e. The second-order valence-corrected chi connectivity index (χ2v) is 5.98. The molecule has 0 aromatic heterocycles. The van der Waals surface area contributed by atoms with E-state index < -0.39 is 9.85 Å². The fourth-order valence-corrected chi connectivity index (χ4v) is 3.10. The summed E-state index contributed by atoms with van der Waals surface area (Å²) in [7, 11) is 0. The van der Waals surface area contributed by atoms with Crippen molar-refractivity contribution in [2.75, 3.05) is 0 Å². The lowest BCUT2D eigenvalue weighted by molar-refractivity contribution is -0.385. The Labute approximate surface area is 140 Å². The molecule has 8 heteroatoms. The van der Waals surface area contributed by atoms with Gasteiger partial charge in [-0.3, -0.25) is 20.2 Å². The predicted molar refractivity (Wildman–Crippen MR) is 90.6 cm³/mol. The summed E-state index contributed by atoms with van der Waals surface area (Å²) in [6.45, 7) is 0. The SMILES string of the molecule is O=[N+]([O-])c1ccc(-c2ccc([N+](=O)[O-])c(I)c2I)cc1. The molecule has 0 aliphatic heterocycles. The molecule has 2 aromatic carbocycles. The first-order chi connectivity index (χ1) is 9.41. The number of halogens is 2. The Morgan fingerprint density at radius 2 is 1.40 bits per heavy atom. The van der Waals surface area contributed by atoms with Gasteiger partial charge in [0.15, 0.2) is 0 Å². The minimum absolute atomic E-state index is 0.0142. The van der Waals surface area contributed by atoms with Crippen LogP contribution in [0.15, 0.2) is 36.4 Å². The van der Waals surface area contributed by atoms with Gasteiger partial charge in [0.1, 0.15) is 3.57 Å². The van der Waals surface area contributed by atoms with Crippen molar-refractivity contribution in [2.24, 2.45) is 0 Å². The van der Waals surface area contributed by atoms with Gasteiger partial charge in [-0.2, -0.15) is 0 Å². The standard InChI is InChI=1S/C12H6I2N2O4/c13-11-9(5-6-10(12(11)14)16(19)20)7-1-3-8(4-2-7)15(17)18/h1-6H. The first-order valence-electron chi connectivity index (χ1n) is 5.29. The van der Waals surface area contributed by atoms with Gasteiger partial charge in [0.05, 0.1) is 9.85 Å². The van der Waals surface area contributed by atoms with Gasteiger partial charge in [-0.1, -0.05) is 0 Å². The van der Waals surface area contributed by atoms with E-state index in [2.05, 4.69) is 0 Å². The lowest BCUT2D eigenvalue weighted by Crippen LogP contribution is -1.96. The summed E-state index contributed by atoms with van der Waals surface area (Å²) in [6.07, 6.45) is 0. The smallest absolute Gasteiger partial charge is 0.258 e. The van der Waals surface area contributed by atoms with Crippen LogP contribution in [0.25, 0.3) is 11.1 Å². The lowest BCUT2D eigenvalue weighted by atomic mass is 10.1. The van der Waals surface area contributed by atoms with Crippen molar-refractivity contribution < 1.29 is 9.85 Å². The van der Waals surface area contributed by atoms with Crippen molar-refractivity contribution >= 4 is 56.6 Å². The molecule has 2 aromatic rings. The maximum Gasteiger partial charge on any atom is 0.283 e. The molecule has 0 atom stereocenters. The number of rotatable bonds is 3. The van der Waals surface area contributed by atoms with Crippen LogP contribution in [0.4, 0.5) is 11.4 Å². The van der Waals surface area contributed by atoms with E-state index in [1.54, 1.807) is 18.2 Å². The Morgan fingerprint density at radius 1 is 0.800 bits per heavy atom. The number of nitro groups is 2. The molecule has 0 bridgehead atoms. The van der Waals surface area contributed by atoms with Crippen LogP contribution >= 0.6 is 45.2 Å². The quantitative estimate of drug-likeness (QED) is 0.359. The molecule has 20 heavy (non-hydrogen) atoms. The molecule has 0 aliphatic rings. The predicted octanol–water partition coefficient (Wildman–Crippen LogP) is 4.38. The topological polar surface area (TPSA) is 86.3 Å². The molecule has 2 rings (SSSR count). The van der Waals surface area contributed by atoms with Gasteiger partial charge in [0.2, 0.25) is 0 Å². The summed E-state index contributed by atoms with van der Waals surface area (Å²) >= 11 is 3.98. The number of nitro benzene ring substituents is 2. The van der Waals surface area contributed by atoms with Crippen molar-refractivity contribution in [3.8, 4) is 11.1 Å². The number of hydrogen-bond acceptors (Lipinski definition) is 4. The summed E-state index contributed by atoms with van der Waals surface area (Å²) in [6, 6.07) is 9.21. The summed E-state index contributed by atoms with van der Waals surface area (Å²) in [4.78, 5) is 20.6. The third-order valence-electron chi connectivity index (χ3n) is 2.65. The second-order valence-electron chi connectivity index (χ2n) is 3.82. The van der Waals surface area contributed by atoms with Crippen LogP contribution in [0.1, 0.15) is 0 Å². The molecule has 0 heterocycles. The maximum absolute atomic E-state index is 10.9. The molecule has 0 spiro atoms. The maximum atomic E-state index is 10.9. The molecule has 0 radical (unpaired) electrons. The second kappa shape index (κ2) is 5.99. The number of hydrogen-bond donors (Lipinski definition) is 0. The first-order valence-corrected chi connectivity index (χ1v) is 7.45. The Kier molecular flexibility index (Phi) is 4.52. The average Bonchev–Trinajstić information content (AvgIpc) is 2.41. The van der Waals surface area contributed by atoms with E-state index >= 15 is 0 Å². The van der Waals surface area contributed by atoms with Crippen LogP contribution in [0.5, 0.6) is 0 Å². The fourth-order valence-electron chi connectivity index (χ4n) is 1.67. The third-order valence-corrected chi connectivity index (χ3v) is 5.89. The number of benzene rings is 2. The Balaban J connectivity index is 2.51. The van der Waals surface area contributed by atoms with Crippen LogP contribution in [0, 0.1) is 27.4 Å². The zero-order chi connectivity index (χ0) is 14.9. The number of nitrogens with zero attached hydrogens (tertiary/aromatic N) is 2. The Bertz CT molecular complexity index is 701. The summed E-state index contributed by atoms with van der Waals surface area (Å²) in [5.41, 5.74) is 1.67. The minimum Gasteiger partial charge on any atom is -0.258 e. The van der Waals surface area contributed by atoms with Crippen LogP contribution < -0.4 is 0 Å². The highest BCUT2D eigenvalue weighted by Gasteiger charge is 2.18. The van der Waals surface area contributed by atoms with Gasteiger partial charge in [-0.05, 0) is 74.5 Å². The van der Waals surface area contributed by atoms with Crippen molar-refractivity contribution in [3.63, 3.8) is 0 Å². The number of non-ortho nitro benzene ring substituents is 1. The zero-order valence-electron chi connectivity index (χ0n) is 9.75. The summed E-state index contributed by atoms with van der Waals surface area (Å²) in [5, 5.41) is 21.5. The molecular formula is C12H6I2N2O4. The van der Waals surface area contributed by atoms with Gasteiger partial charge in [-0.25, -0.2) is 0 Å². The highest BCUT2D eigenvalue weighted by atomic mass is 127. The highest BCUT2D eigenvalue weighted by molar-refractivity contribution is 14.1. The van der Waals surface area contributed by atoms with E-state index in [1.165, 1.54) is 18.2 Å². The fraction of sp³-hybridized carbons (Fsp3) is 0. The first kappa shape index (κ1) is 15.1. The summed E-state index contributed by atoms with van der Waals surface area (Å²) < 4.78 is 1.32. The van der Waals surface area contributed by atoms with Crippen molar-refractivity contribution in [3.05, 3.63) is 63.8 Å². The summed E-state index contributed by atoms with van der Waals surface area (Å²) in [5.74, 6) is 0. The molecule has 102 valence electrons. The highest BCUT2D eigenvalue weighted by Crippen LogP contribution is 2.34. The van der Waals surface area contributed by atoms with E-state index in [9.17, 15) is 20.2 Å². The van der Waals surface area contributed by atoms with E-state index in [4.69, 9.17) is 0 Å². The molecule has 0 saturated heterocycles. The molecular weight excluding hydrogens is 490 g/mol. The molecule has 6 nitrogen and oxygen atoms in total. The molecule has 0 amide bonds. The molecule has 0 aliphatic carbocycles. The normalized spacial score (nSPS) is 10.3. The van der Waals surface area contributed by atoms with E-state index in [0.717, 1.165) is 14.7 Å².